The Kier molecular flexibility index (Phi) is 5.38. The topological polar surface area (TPSA) is 76.1 Å². The molecule has 136 valence electrons. The maximum Gasteiger partial charge on any atom is 0.226 e. The molecule has 7 heteroatoms. The third-order valence-electron chi connectivity index (χ3n) is 4.17. The van der Waals surface area contributed by atoms with E-state index >= 15 is 0 Å². The van der Waals surface area contributed by atoms with Gasteiger partial charge in [-0.25, -0.2) is 13.4 Å². The van der Waals surface area contributed by atoms with Crippen LogP contribution in [0.5, 0.6) is 0 Å². The largest absolute Gasteiger partial charge is 0.302 e. The second-order valence-corrected chi connectivity index (χ2v) is 9.35. The van der Waals surface area contributed by atoms with Crippen LogP contribution in [0.4, 0.5) is 5.13 Å². The first-order valence-electron chi connectivity index (χ1n) is 8.30. The Hall–Kier alpha value is -2.25. The number of aromatic nitrogens is 1. The van der Waals surface area contributed by atoms with Crippen LogP contribution in [0.2, 0.25) is 0 Å². The van der Waals surface area contributed by atoms with Crippen molar-refractivity contribution in [3.63, 3.8) is 0 Å². The van der Waals surface area contributed by atoms with E-state index in [0.717, 1.165) is 15.8 Å². The van der Waals surface area contributed by atoms with Crippen LogP contribution in [0.15, 0.2) is 47.4 Å². The summed E-state index contributed by atoms with van der Waals surface area (Å²) in [5.74, 6) is -0.274. The van der Waals surface area contributed by atoms with Gasteiger partial charge < -0.3 is 5.32 Å². The van der Waals surface area contributed by atoms with Gasteiger partial charge in [-0.1, -0.05) is 29.5 Å². The van der Waals surface area contributed by atoms with Crippen LogP contribution in [0, 0.1) is 13.8 Å². The summed E-state index contributed by atoms with van der Waals surface area (Å²) < 4.78 is 25.4. The van der Waals surface area contributed by atoms with Crippen LogP contribution >= 0.6 is 11.3 Å². The van der Waals surface area contributed by atoms with Gasteiger partial charge in [0, 0.05) is 6.42 Å². The number of aryl methyl sites for hydroxylation is 2. The lowest BCUT2D eigenvalue weighted by atomic mass is 10.1. The summed E-state index contributed by atoms with van der Waals surface area (Å²) >= 11 is 1.42. The summed E-state index contributed by atoms with van der Waals surface area (Å²) in [6, 6.07) is 12.4. The number of nitrogens with zero attached hydrogens (tertiary/aromatic N) is 1. The fraction of sp³-hybridized carbons (Fsp3) is 0.263. The van der Waals surface area contributed by atoms with E-state index in [2.05, 4.69) is 16.4 Å². The average Bonchev–Trinajstić information content (AvgIpc) is 2.96. The molecule has 0 aliphatic rings. The summed E-state index contributed by atoms with van der Waals surface area (Å²) in [5.41, 5.74) is 3.21. The second kappa shape index (κ2) is 7.55. The zero-order chi connectivity index (χ0) is 18.7. The number of hydrogen-bond donors (Lipinski definition) is 1. The van der Waals surface area contributed by atoms with Crippen molar-refractivity contribution in [1.29, 1.82) is 0 Å². The van der Waals surface area contributed by atoms with Crippen LogP contribution < -0.4 is 5.32 Å². The van der Waals surface area contributed by atoms with Crippen molar-refractivity contribution < 1.29 is 13.2 Å². The number of fused-ring (bicyclic) bond motifs is 1. The Labute approximate surface area is 157 Å². The van der Waals surface area contributed by atoms with Gasteiger partial charge in [0.1, 0.15) is 0 Å². The predicted molar refractivity (Wildman–Crippen MR) is 105 cm³/mol. The lowest BCUT2D eigenvalue weighted by Gasteiger charge is -2.04. The van der Waals surface area contributed by atoms with Gasteiger partial charge in [-0.3, -0.25) is 4.79 Å². The van der Waals surface area contributed by atoms with Crippen molar-refractivity contribution in [1.82, 2.24) is 4.98 Å². The molecule has 0 aliphatic heterocycles. The van der Waals surface area contributed by atoms with Crippen LogP contribution in [-0.2, 0) is 14.6 Å². The Morgan fingerprint density at radius 1 is 1.12 bits per heavy atom. The van der Waals surface area contributed by atoms with Gasteiger partial charge in [-0.05, 0) is 55.7 Å². The number of carbonyl (C=O) groups is 1. The molecular weight excluding hydrogens is 368 g/mol. The molecule has 0 bridgehead atoms. The van der Waals surface area contributed by atoms with E-state index in [1.807, 2.05) is 19.9 Å². The highest BCUT2D eigenvalue weighted by molar-refractivity contribution is 7.91. The number of sulfone groups is 1. The van der Waals surface area contributed by atoms with Crippen LogP contribution in [0.3, 0.4) is 0 Å². The number of thiazole rings is 1. The Bertz CT molecular complexity index is 1000. The minimum atomic E-state index is -3.35. The molecular formula is C19H20N2O3S2. The van der Waals surface area contributed by atoms with Crippen LogP contribution in [0.25, 0.3) is 10.2 Å². The van der Waals surface area contributed by atoms with E-state index < -0.39 is 9.84 Å². The first kappa shape index (κ1) is 18.5. The molecule has 26 heavy (non-hydrogen) atoms. The SMILES string of the molecule is Cc1cc2nc(NC(=O)CCCS(=O)(=O)c3ccccc3)sc2cc1C. The van der Waals surface area contributed by atoms with Crippen LogP contribution in [0.1, 0.15) is 24.0 Å². The van der Waals surface area contributed by atoms with Gasteiger partial charge in [0.05, 0.1) is 20.9 Å². The van der Waals surface area contributed by atoms with Crippen molar-refractivity contribution in [2.45, 2.75) is 31.6 Å². The van der Waals surface area contributed by atoms with Gasteiger partial charge in [0.15, 0.2) is 15.0 Å². The molecule has 0 aliphatic carbocycles. The normalized spacial score (nSPS) is 11.6. The molecule has 0 spiro atoms. The van der Waals surface area contributed by atoms with Gasteiger partial charge in [0.25, 0.3) is 0 Å². The highest BCUT2D eigenvalue weighted by Gasteiger charge is 2.15. The number of rotatable bonds is 6. The van der Waals surface area contributed by atoms with Crippen molar-refractivity contribution in [3.8, 4) is 0 Å². The molecule has 1 N–H and O–H groups in total. The summed E-state index contributed by atoms with van der Waals surface area (Å²) in [6.07, 6.45) is 0.409. The zero-order valence-electron chi connectivity index (χ0n) is 14.7. The minimum absolute atomic E-state index is 0.0529. The van der Waals surface area contributed by atoms with Crippen LogP contribution in [-0.4, -0.2) is 25.1 Å². The highest BCUT2D eigenvalue weighted by Crippen LogP contribution is 2.28. The molecule has 1 amide bonds. The summed E-state index contributed by atoms with van der Waals surface area (Å²) in [4.78, 5) is 16.8. The Balaban J connectivity index is 1.58. The minimum Gasteiger partial charge on any atom is -0.302 e. The number of amides is 1. The van der Waals surface area contributed by atoms with E-state index in [-0.39, 0.29) is 29.4 Å². The predicted octanol–water partition coefficient (Wildman–Crippen LogP) is 4.11. The first-order chi connectivity index (χ1) is 12.3. The fourth-order valence-corrected chi connectivity index (χ4v) is 4.88. The second-order valence-electron chi connectivity index (χ2n) is 6.21. The molecule has 1 aromatic heterocycles. The van der Waals surface area contributed by atoms with Crippen molar-refractivity contribution in [2.24, 2.45) is 0 Å². The van der Waals surface area contributed by atoms with Gasteiger partial charge in [-0.2, -0.15) is 0 Å². The Morgan fingerprint density at radius 2 is 1.81 bits per heavy atom. The van der Waals surface area contributed by atoms with Crippen molar-refractivity contribution in [3.05, 3.63) is 53.6 Å². The lowest BCUT2D eigenvalue weighted by Crippen LogP contribution is -2.14. The van der Waals surface area contributed by atoms with E-state index in [4.69, 9.17) is 0 Å². The third-order valence-corrected chi connectivity index (χ3v) is 6.92. The quantitative estimate of drug-likeness (QED) is 0.689. The van der Waals surface area contributed by atoms with E-state index in [9.17, 15) is 13.2 Å². The van der Waals surface area contributed by atoms with E-state index in [1.165, 1.54) is 16.9 Å². The standard InChI is InChI=1S/C19H20N2O3S2/c1-13-11-16-17(12-14(13)2)25-19(20-16)21-18(22)9-6-10-26(23,24)15-7-4-3-5-8-15/h3-5,7-8,11-12H,6,9-10H2,1-2H3,(H,20,21,22). The number of hydrogen-bond acceptors (Lipinski definition) is 5. The number of anilines is 1. The lowest BCUT2D eigenvalue weighted by molar-refractivity contribution is -0.116. The molecule has 3 aromatic rings. The van der Waals surface area contributed by atoms with E-state index in [0.29, 0.717) is 5.13 Å². The molecule has 5 nitrogen and oxygen atoms in total. The molecule has 0 radical (unpaired) electrons. The fourth-order valence-electron chi connectivity index (χ4n) is 2.58. The van der Waals surface area contributed by atoms with Gasteiger partial charge in [-0.15, -0.1) is 0 Å². The maximum atomic E-state index is 12.2. The molecule has 0 unspecified atom stereocenters. The van der Waals surface area contributed by atoms with Gasteiger partial charge >= 0.3 is 0 Å². The molecule has 0 saturated carbocycles. The maximum absolute atomic E-state index is 12.2. The Morgan fingerprint density at radius 3 is 2.54 bits per heavy atom. The summed E-state index contributed by atoms with van der Waals surface area (Å²) in [6.45, 7) is 4.07. The third kappa shape index (κ3) is 4.28. The smallest absolute Gasteiger partial charge is 0.226 e. The van der Waals surface area contributed by atoms with Crippen molar-refractivity contribution in [2.75, 3.05) is 11.1 Å². The van der Waals surface area contributed by atoms with Crippen molar-refractivity contribution >= 4 is 42.4 Å². The monoisotopic (exact) mass is 388 g/mol. The average molecular weight is 389 g/mol. The molecule has 1 heterocycles. The van der Waals surface area contributed by atoms with E-state index in [1.54, 1.807) is 30.3 Å². The summed E-state index contributed by atoms with van der Waals surface area (Å²) in [5, 5.41) is 3.31. The molecule has 3 rings (SSSR count). The number of nitrogens with one attached hydrogen (secondary N) is 1. The molecule has 2 aromatic carbocycles. The van der Waals surface area contributed by atoms with Gasteiger partial charge in [0.2, 0.25) is 5.91 Å². The summed E-state index contributed by atoms with van der Waals surface area (Å²) in [7, 11) is -3.35. The molecule has 0 atom stereocenters. The molecule has 0 fully saturated rings. The highest BCUT2D eigenvalue weighted by atomic mass is 32.2. The molecule has 0 saturated heterocycles. The first-order valence-corrected chi connectivity index (χ1v) is 10.8. The number of benzene rings is 2. The number of carbonyl (C=O) groups excluding carboxylic acids is 1. The zero-order valence-corrected chi connectivity index (χ0v) is 16.3.